The van der Waals surface area contributed by atoms with Gasteiger partial charge in [-0.2, -0.15) is 0 Å². The van der Waals surface area contributed by atoms with Gasteiger partial charge in [-0.05, 0) is 26.0 Å². The molecule has 1 rings (SSSR count). The smallest absolute Gasteiger partial charge is 0.408 e. The van der Waals surface area contributed by atoms with Crippen LogP contribution in [0.25, 0.3) is 0 Å². The molecule has 0 bridgehead atoms. The molecule has 1 aromatic heterocycles. The molecule has 0 aliphatic heterocycles. The maximum absolute atomic E-state index is 11.8. The first kappa shape index (κ1) is 14.0. The van der Waals surface area contributed by atoms with Gasteiger partial charge in [0.25, 0.3) is 0 Å². The molecule has 0 saturated carbocycles. The Morgan fingerprint density at radius 1 is 1.28 bits per heavy atom. The van der Waals surface area contributed by atoms with Crippen molar-refractivity contribution < 1.29 is 19.1 Å². The van der Waals surface area contributed by atoms with E-state index in [2.05, 4.69) is 10.3 Å². The van der Waals surface area contributed by atoms with Crippen LogP contribution in [-0.2, 0) is 14.3 Å². The zero-order valence-electron chi connectivity index (χ0n) is 10.4. The summed E-state index contributed by atoms with van der Waals surface area (Å²) in [6, 6.07) is 4.12. The highest BCUT2D eigenvalue weighted by molar-refractivity contribution is 5.82. The fourth-order valence-electron chi connectivity index (χ4n) is 1.32. The number of nitrogens with zero attached hydrogens (tertiary/aromatic N) is 1. The van der Waals surface area contributed by atoms with Crippen molar-refractivity contribution >= 4 is 12.1 Å². The number of amides is 1. The minimum atomic E-state index is -0.954. The van der Waals surface area contributed by atoms with Crippen molar-refractivity contribution in [2.24, 2.45) is 0 Å². The molecule has 0 saturated heterocycles. The second-order valence-electron chi connectivity index (χ2n) is 3.30. The van der Waals surface area contributed by atoms with Crippen molar-refractivity contribution in [3.63, 3.8) is 0 Å². The molecule has 1 aromatic rings. The third kappa shape index (κ3) is 4.04. The van der Waals surface area contributed by atoms with E-state index >= 15 is 0 Å². The van der Waals surface area contributed by atoms with Crippen LogP contribution in [0.5, 0.6) is 0 Å². The summed E-state index contributed by atoms with van der Waals surface area (Å²) in [5.74, 6) is -0.566. The lowest BCUT2D eigenvalue weighted by molar-refractivity contribution is -0.145. The Bertz CT molecular complexity index is 394. The van der Waals surface area contributed by atoms with Crippen molar-refractivity contribution in [1.82, 2.24) is 10.3 Å². The predicted molar refractivity (Wildman–Crippen MR) is 63.8 cm³/mol. The minimum Gasteiger partial charge on any atom is -0.464 e. The molecule has 6 nitrogen and oxygen atoms in total. The van der Waals surface area contributed by atoms with Gasteiger partial charge < -0.3 is 14.8 Å². The SMILES string of the molecule is CCOC(=O)N[C@H](C(=O)OCC)c1ccccn1. The first-order valence-electron chi connectivity index (χ1n) is 5.69. The highest BCUT2D eigenvalue weighted by atomic mass is 16.6. The number of alkyl carbamates (subject to hydrolysis) is 1. The van der Waals surface area contributed by atoms with Crippen LogP contribution in [0.2, 0.25) is 0 Å². The van der Waals surface area contributed by atoms with Gasteiger partial charge in [0, 0.05) is 6.20 Å². The van der Waals surface area contributed by atoms with E-state index in [1.807, 2.05) is 0 Å². The van der Waals surface area contributed by atoms with Gasteiger partial charge in [-0.25, -0.2) is 9.59 Å². The van der Waals surface area contributed by atoms with Gasteiger partial charge in [0.1, 0.15) is 0 Å². The number of hydrogen-bond acceptors (Lipinski definition) is 5. The normalized spacial score (nSPS) is 11.4. The lowest BCUT2D eigenvalue weighted by atomic mass is 10.2. The van der Waals surface area contributed by atoms with Crippen molar-refractivity contribution in [2.45, 2.75) is 19.9 Å². The molecule has 1 amide bonds. The first-order valence-corrected chi connectivity index (χ1v) is 5.69. The summed E-state index contributed by atoms with van der Waals surface area (Å²) in [6.45, 7) is 3.83. The molecular weight excluding hydrogens is 236 g/mol. The Labute approximate surface area is 105 Å². The molecule has 18 heavy (non-hydrogen) atoms. The van der Waals surface area contributed by atoms with Crippen LogP contribution in [0, 0.1) is 0 Å². The fourth-order valence-corrected chi connectivity index (χ4v) is 1.32. The van der Waals surface area contributed by atoms with Crippen LogP contribution in [0.4, 0.5) is 4.79 Å². The highest BCUT2D eigenvalue weighted by Gasteiger charge is 2.25. The minimum absolute atomic E-state index is 0.226. The van der Waals surface area contributed by atoms with E-state index in [4.69, 9.17) is 9.47 Å². The van der Waals surface area contributed by atoms with E-state index in [9.17, 15) is 9.59 Å². The fraction of sp³-hybridized carbons (Fsp3) is 0.417. The zero-order chi connectivity index (χ0) is 13.4. The molecule has 0 aliphatic rings. The van der Waals surface area contributed by atoms with Gasteiger partial charge in [0.2, 0.25) is 0 Å². The number of carbonyl (C=O) groups excluding carboxylic acids is 2. The lowest BCUT2D eigenvalue weighted by Gasteiger charge is -2.16. The summed E-state index contributed by atoms with van der Waals surface area (Å²) in [6.07, 6.45) is 0.857. The van der Waals surface area contributed by atoms with Crippen LogP contribution in [-0.4, -0.2) is 30.3 Å². The topological polar surface area (TPSA) is 77.5 Å². The Balaban J connectivity index is 2.82. The molecule has 0 radical (unpaired) electrons. The molecule has 0 aliphatic carbocycles. The van der Waals surface area contributed by atoms with Crippen molar-refractivity contribution in [1.29, 1.82) is 0 Å². The van der Waals surface area contributed by atoms with E-state index in [0.29, 0.717) is 5.69 Å². The third-order valence-electron chi connectivity index (χ3n) is 2.04. The number of hydrogen-bond donors (Lipinski definition) is 1. The summed E-state index contributed by atoms with van der Waals surface area (Å²) in [7, 11) is 0. The highest BCUT2D eigenvalue weighted by Crippen LogP contribution is 2.11. The van der Waals surface area contributed by atoms with E-state index in [1.54, 1.807) is 32.0 Å². The Hall–Kier alpha value is -2.11. The quantitative estimate of drug-likeness (QED) is 0.802. The van der Waals surface area contributed by atoms with Gasteiger partial charge in [-0.3, -0.25) is 4.98 Å². The van der Waals surface area contributed by atoms with Gasteiger partial charge in [-0.1, -0.05) is 6.07 Å². The van der Waals surface area contributed by atoms with Gasteiger partial charge in [0.05, 0.1) is 18.9 Å². The van der Waals surface area contributed by atoms with Crippen molar-refractivity contribution in [3.05, 3.63) is 30.1 Å². The summed E-state index contributed by atoms with van der Waals surface area (Å²) >= 11 is 0. The van der Waals surface area contributed by atoms with Crippen molar-refractivity contribution in [2.75, 3.05) is 13.2 Å². The second kappa shape index (κ2) is 7.26. The average Bonchev–Trinajstić information content (AvgIpc) is 2.37. The standard InChI is InChI=1S/C12H16N2O4/c1-3-17-11(15)10(14-12(16)18-4-2)9-7-5-6-8-13-9/h5-8,10H,3-4H2,1-2H3,(H,14,16)/t10-/m0/s1. The Morgan fingerprint density at radius 3 is 2.56 bits per heavy atom. The summed E-state index contributed by atoms with van der Waals surface area (Å²) in [4.78, 5) is 27.1. The summed E-state index contributed by atoms with van der Waals surface area (Å²) in [5.41, 5.74) is 0.406. The molecular formula is C12H16N2O4. The average molecular weight is 252 g/mol. The predicted octanol–water partition coefficient (Wildman–Crippen LogP) is 1.43. The van der Waals surface area contributed by atoms with Gasteiger partial charge in [0.15, 0.2) is 6.04 Å². The third-order valence-corrected chi connectivity index (χ3v) is 2.04. The number of ether oxygens (including phenoxy) is 2. The number of pyridine rings is 1. The molecule has 0 unspecified atom stereocenters. The molecule has 1 N–H and O–H groups in total. The van der Waals surface area contributed by atoms with E-state index in [1.165, 1.54) is 6.20 Å². The number of esters is 1. The monoisotopic (exact) mass is 252 g/mol. The molecule has 0 aromatic carbocycles. The molecule has 1 heterocycles. The van der Waals surface area contributed by atoms with Crippen LogP contribution in [0.3, 0.4) is 0 Å². The van der Waals surface area contributed by atoms with Gasteiger partial charge >= 0.3 is 12.1 Å². The molecule has 0 fully saturated rings. The number of aromatic nitrogens is 1. The summed E-state index contributed by atoms with van der Waals surface area (Å²) in [5, 5.41) is 2.42. The number of nitrogens with one attached hydrogen (secondary N) is 1. The Morgan fingerprint density at radius 2 is 2.00 bits per heavy atom. The van der Waals surface area contributed by atoms with Crippen LogP contribution >= 0.6 is 0 Å². The number of rotatable bonds is 5. The largest absolute Gasteiger partial charge is 0.464 e. The molecule has 98 valence electrons. The summed E-state index contributed by atoms with van der Waals surface area (Å²) < 4.78 is 9.62. The Kier molecular flexibility index (Phi) is 5.63. The van der Waals surface area contributed by atoms with Crippen molar-refractivity contribution in [3.8, 4) is 0 Å². The maximum atomic E-state index is 11.8. The van der Waals surface area contributed by atoms with Crippen LogP contribution in [0.15, 0.2) is 24.4 Å². The van der Waals surface area contributed by atoms with Gasteiger partial charge in [-0.15, -0.1) is 0 Å². The molecule has 1 atom stereocenters. The number of carbonyl (C=O) groups is 2. The lowest BCUT2D eigenvalue weighted by Crippen LogP contribution is -2.35. The van der Waals surface area contributed by atoms with E-state index in [-0.39, 0.29) is 13.2 Å². The first-order chi connectivity index (χ1) is 8.69. The van der Waals surface area contributed by atoms with Crippen LogP contribution < -0.4 is 5.32 Å². The van der Waals surface area contributed by atoms with E-state index in [0.717, 1.165) is 0 Å². The zero-order valence-corrected chi connectivity index (χ0v) is 10.4. The van der Waals surface area contributed by atoms with Crippen LogP contribution in [0.1, 0.15) is 25.6 Å². The van der Waals surface area contributed by atoms with E-state index < -0.39 is 18.1 Å². The second-order valence-corrected chi connectivity index (χ2v) is 3.30. The maximum Gasteiger partial charge on any atom is 0.408 e. The molecule has 6 heteroatoms. The molecule has 0 spiro atoms.